The van der Waals surface area contributed by atoms with Gasteiger partial charge in [-0.05, 0) is 34.1 Å². The fraction of sp³-hybridized carbons (Fsp3) is 0.333. The molecule has 108 valence electrons. The molecule has 0 saturated heterocycles. The van der Waals surface area contributed by atoms with E-state index >= 15 is 0 Å². The molecule has 0 radical (unpaired) electrons. The van der Waals surface area contributed by atoms with Crippen LogP contribution in [0.25, 0.3) is 0 Å². The molecule has 5 heteroatoms. The first-order valence-electron chi connectivity index (χ1n) is 6.44. The van der Waals surface area contributed by atoms with Crippen LogP contribution >= 0.6 is 27.3 Å². The van der Waals surface area contributed by atoms with Crippen molar-refractivity contribution in [3.05, 3.63) is 50.6 Å². The van der Waals surface area contributed by atoms with Gasteiger partial charge in [0.15, 0.2) is 0 Å². The normalized spacial score (nSPS) is 10.7. The smallest absolute Gasteiger partial charge is 0.124 e. The number of benzene rings is 1. The fourth-order valence-corrected chi connectivity index (χ4v) is 3.16. The second kappa shape index (κ2) is 8.42. The molecular formula is C15H18BrNO2S. The Labute approximate surface area is 132 Å². The van der Waals surface area contributed by atoms with Gasteiger partial charge in [0.1, 0.15) is 12.4 Å². The number of para-hydroxylation sites is 1. The molecule has 0 atom stereocenters. The summed E-state index contributed by atoms with van der Waals surface area (Å²) in [6.45, 7) is 2.94. The molecule has 2 aromatic rings. The zero-order valence-electron chi connectivity index (χ0n) is 11.4. The Kier molecular flexibility index (Phi) is 6.53. The van der Waals surface area contributed by atoms with Crippen molar-refractivity contribution in [1.82, 2.24) is 5.32 Å². The fourth-order valence-electron chi connectivity index (χ4n) is 1.77. The molecule has 0 saturated carbocycles. The van der Waals surface area contributed by atoms with Crippen LogP contribution in [0.4, 0.5) is 0 Å². The third-order valence-electron chi connectivity index (χ3n) is 2.77. The van der Waals surface area contributed by atoms with Crippen LogP contribution in [-0.4, -0.2) is 20.3 Å². The number of hydrogen-bond acceptors (Lipinski definition) is 4. The quantitative estimate of drug-likeness (QED) is 0.730. The van der Waals surface area contributed by atoms with E-state index in [0.717, 1.165) is 22.6 Å². The predicted molar refractivity (Wildman–Crippen MR) is 86.4 cm³/mol. The summed E-state index contributed by atoms with van der Waals surface area (Å²) in [5.74, 6) is 0.932. The van der Waals surface area contributed by atoms with Crippen molar-refractivity contribution in [3.8, 4) is 5.75 Å². The minimum atomic E-state index is 0.603. The number of thiophene rings is 1. The second-order valence-electron chi connectivity index (χ2n) is 4.27. The van der Waals surface area contributed by atoms with Gasteiger partial charge in [-0.1, -0.05) is 18.2 Å². The summed E-state index contributed by atoms with van der Waals surface area (Å²) in [6, 6.07) is 12.2. The minimum absolute atomic E-state index is 0.603. The van der Waals surface area contributed by atoms with Gasteiger partial charge in [0.2, 0.25) is 0 Å². The Balaban J connectivity index is 1.90. The average Bonchev–Trinajstić information content (AvgIpc) is 2.88. The van der Waals surface area contributed by atoms with Crippen LogP contribution in [0.3, 0.4) is 0 Å². The molecule has 20 heavy (non-hydrogen) atoms. The first-order chi connectivity index (χ1) is 9.79. The van der Waals surface area contributed by atoms with Crippen molar-refractivity contribution in [2.24, 2.45) is 0 Å². The average molecular weight is 356 g/mol. The number of rotatable bonds is 8. The van der Waals surface area contributed by atoms with Gasteiger partial charge in [-0.2, -0.15) is 0 Å². The molecule has 0 spiro atoms. The Bertz CT molecular complexity index is 530. The molecule has 0 unspecified atom stereocenters. The largest absolute Gasteiger partial charge is 0.488 e. The first-order valence-corrected chi connectivity index (χ1v) is 8.05. The highest BCUT2D eigenvalue weighted by Crippen LogP contribution is 2.25. The molecular weight excluding hydrogens is 338 g/mol. The van der Waals surface area contributed by atoms with E-state index in [1.54, 1.807) is 18.4 Å². The molecule has 1 N–H and O–H groups in total. The van der Waals surface area contributed by atoms with Crippen LogP contribution in [0, 0.1) is 0 Å². The summed E-state index contributed by atoms with van der Waals surface area (Å²) in [5, 5.41) is 3.34. The molecule has 0 aliphatic rings. The number of nitrogens with one attached hydrogen (secondary N) is 1. The van der Waals surface area contributed by atoms with E-state index < -0.39 is 0 Å². The molecule has 0 aliphatic carbocycles. The lowest BCUT2D eigenvalue weighted by molar-refractivity contribution is 0.199. The van der Waals surface area contributed by atoms with Gasteiger partial charge in [-0.25, -0.2) is 0 Å². The zero-order valence-corrected chi connectivity index (χ0v) is 13.8. The molecule has 1 aromatic heterocycles. The summed E-state index contributed by atoms with van der Waals surface area (Å²) in [7, 11) is 1.71. The molecule has 0 amide bonds. The topological polar surface area (TPSA) is 30.5 Å². The van der Waals surface area contributed by atoms with Crippen molar-refractivity contribution < 1.29 is 9.47 Å². The lowest BCUT2D eigenvalue weighted by Crippen LogP contribution is -2.19. The molecule has 3 nitrogen and oxygen atoms in total. The molecule has 0 aliphatic heterocycles. The zero-order chi connectivity index (χ0) is 14.2. The van der Waals surface area contributed by atoms with Crippen LogP contribution < -0.4 is 10.1 Å². The summed E-state index contributed by atoms with van der Waals surface area (Å²) >= 11 is 5.16. The highest BCUT2D eigenvalue weighted by Gasteiger charge is 2.04. The SMILES string of the molecule is COCCNCc1ccccc1OCc1ccc(Br)s1. The third-order valence-corrected chi connectivity index (χ3v) is 4.37. The van der Waals surface area contributed by atoms with Gasteiger partial charge in [-0.15, -0.1) is 11.3 Å². The molecule has 0 bridgehead atoms. The Morgan fingerprint density at radius 1 is 1.20 bits per heavy atom. The number of methoxy groups -OCH3 is 1. The molecule has 0 fully saturated rings. The van der Waals surface area contributed by atoms with Gasteiger partial charge >= 0.3 is 0 Å². The van der Waals surface area contributed by atoms with Crippen molar-refractivity contribution in [2.75, 3.05) is 20.3 Å². The molecule has 2 rings (SSSR count). The van der Waals surface area contributed by atoms with Gasteiger partial charge < -0.3 is 14.8 Å². The van der Waals surface area contributed by atoms with E-state index in [2.05, 4.69) is 33.4 Å². The van der Waals surface area contributed by atoms with Crippen molar-refractivity contribution >= 4 is 27.3 Å². The van der Waals surface area contributed by atoms with E-state index in [4.69, 9.17) is 9.47 Å². The minimum Gasteiger partial charge on any atom is -0.488 e. The van der Waals surface area contributed by atoms with E-state index in [1.807, 2.05) is 24.3 Å². The van der Waals surface area contributed by atoms with Crippen molar-refractivity contribution in [1.29, 1.82) is 0 Å². The highest BCUT2D eigenvalue weighted by atomic mass is 79.9. The second-order valence-corrected chi connectivity index (χ2v) is 6.82. The lowest BCUT2D eigenvalue weighted by atomic mass is 10.2. The maximum Gasteiger partial charge on any atom is 0.124 e. The first kappa shape index (κ1) is 15.5. The summed E-state index contributed by atoms with van der Waals surface area (Å²) in [5.41, 5.74) is 1.17. The number of halogens is 1. The molecule has 1 heterocycles. The van der Waals surface area contributed by atoms with Gasteiger partial charge in [0.25, 0.3) is 0 Å². The van der Waals surface area contributed by atoms with Gasteiger partial charge in [-0.3, -0.25) is 0 Å². The Morgan fingerprint density at radius 2 is 2.05 bits per heavy atom. The maximum absolute atomic E-state index is 5.91. The van der Waals surface area contributed by atoms with E-state index in [0.29, 0.717) is 13.2 Å². The van der Waals surface area contributed by atoms with E-state index in [1.165, 1.54) is 10.4 Å². The Morgan fingerprint density at radius 3 is 2.80 bits per heavy atom. The number of ether oxygens (including phenoxy) is 2. The van der Waals surface area contributed by atoms with Crippen LogP contribution in [0.15, 0.2) is 40.2 Å². The standard InChI is InChI=1S/C15H18BrNO2S/c1-18-9-8-17-10-12-4-2-3-5-14(12)19-11-13-6-7-15(16)20-13/h2-7,17H,8-11H2,1H3. The number of hydrogen-bond donors (Lipinski definition) is 1. The molecule has 1 aromatic carbocycles. The monoisotopic (exact) mass is 355 g/mol. The van der Waals surface area contributed by atoms with Gasteiger partial charge in [0, 0.05) is 30.6 Å². The van der Waals surface area contributed by atoms with E-state index in [-0.39, 0.29) is 0 Å². The van der Waals surface area contributed by atoms with Crippen LogP contribution in [0.5, 0.6) is 5.75 Å². The lowest BCUT2D eigenvalue weighted by Gasteiger charge is -2.11. The maximum atomic E-state index is 5.91. The van der Waals surface area contributed by atoms with Crippen LogP contribution in [-0.2, 0) is 17.9 Å². The van der Waals surface area contributed by atoms with Crippen molar-refractivity contribution in [2.45, 2.75) is 13.2 Å². The highest BCUT2D eigenvalue weighted by molar-refractivity contribution is 9.11. The third kappa shape index (κ3) is 4.90. The Hall–Kier alpha value is -0.880. The van der Waals surface area contributed by atoms with Crippen LogP contribution in [0.1, 0.15) is 10.4 Å². The summed E-state index contributed by atoms with van der Waals surface area (Å²) in [4.78, 5) is 1.21. The van der Waals surface area contributed by atoms with Gasteiger partial charge in [0.05, 0.1) is 10.4 Å². The van der Waals surface area contributed by atoms with Crippen LogP contribution in [0.2, 0.25) is 0 Å². The van der Waals surface area contributed by atoms with E-state index in [9.17, 15) is 0 Å². The van der Waals surface area contributed by atoms with Crippen molar-refractivity contribution in [3.63, 3.8) is 0 Å². The summed E-state index contributed by atoms with van der Waals surface area (Å²) < 4.78 is 12.1. The summed E-state index contributed by atoms with van der Waals surface area (Å²) in [6.07, 6.45) is 0. The predicted octanol–water partition coefficient (Wildman–Crippen LogP) is 3.83.